The van der Waals surface area contributed by atoms with Crippen LogP contribution in [0, 0.1) is 5.41 Å². The highest BCUT2D eigenvalue weighted by Crippen LogP contribution is 2.42. The van der Waals surface area contributed by atoms with Gasteiger partial charge in [-0.05, 0) is 11.0 Å². The molecular weight excluding hydrogens is 276 g/mol. The van der Waals surface area contributed by atoms with Crippen molar-refractivity contribution in [3.05, 3.63) is 53.7 Å². The van der Waals surface area contributed by atoms with Gasteiger partial charge in [-0.15, -0.1) is 0 Å². The van der Waals surface area contributed by atoms with Crippen LogP contribution in [0.5, 0.6) is 0 Å². The minimum absolute atomic E-state index is 0.0166. The van der Waals surface area contributed by atoms with Crippen LogP contribution >= 0.6 is 0 Å². The van der Waals surface area contributed by atoms with Crippen LogP contribution in [0.25, 0.3) is 0 Å². The summed E-state index contributed by atoms with van der Waals surface area (Å²) in [6.45, 7) is 7.88. The Labute approximate surface area is 131 Å². The van der Waals surface area contributed by atoms with Crippen LogP contribution in [0.4, 0.5) is 0 Å². The van der Waals surface area contributed by atoms with E-state index in [0.717, 1.165) is 13.1 Å². The number of hydrogen-bond donors (Lipinski definition) is 0. The number of oxazole rings is 1. The molecule has 1 fully saturated rings. The second-order valence-electron chi connectivity index (χ2n) is 6.62. The van der Waals surface area contributed by atoms with Gasteiger partial charge in [-0.25, -0.2) is 4.98 Å². The van der Waals surface area contributed by atoms with E-state index in [0.29, 0.717) is 23.8 Å². The van der Waals surface area contributed by atoms with E-state index in [-0.39, 0.29) is 11.3 Å². The highest BCUT2D eigenvalue weighted by atomic mass is 16.3. The van der Waals surface area contributed by atoms with Crippen LogP contribution in [0.3, 0.4) is 0 Å². The first kappa shape index (κ1) is 14.8. The second kappa shape index (κ2) is 5.59. The van der Waals surface area contributed by atoms with Crippen LogP contribution in [-0.2, 0) is 6.42 Å². The molecule has 116 valence electrons. The molecule has 1 aliphatic rings. The third-order valence-corrected chi connectivity index (χ3v) is 4.60. The maximum atomic E-state index is 12.8. The highest BCUT2D eigenvalue weighted by molar-refractivity contribution is 5.93. The first-order valence-corrected chi connectivity index (χ1v) is 7.79. The first-order chi connectivity index (χ1) is 10.5. The summed E-state index contributed by atoms with van der Waals surface area (Å²) < 4.78 is 5.30. The normalized spacial score (nSPS) is 20.3. The van der Waals surface area contributed by atoms with Gasteiger partial charge in [-0.1, -0.05) is 51.1 Å². The lowest BCUT2D eigenvalue weighted by molar-refractivity contribution is 0.0770. The number of aromatic nitrogens is 1. The summed E-state index contributed by atoms with van der Waals surface area (Å²) in [7, 11) is 0. The Morgan fingerprint density at radius 3 is 2.77 bits per heavy atom. The zero-order chi connectivity index (χ0) is 15.7. The fourth-order valence-corrected chi connectivity index (χ4v) is 3.38. The van der Waals surface area contributed by atoms with E-state index in [9.17, 15) is 4.79 Å². The number of rotatable bonds is 3. The summed E-state index contributed by atoms with van der Waals surface area (Å²) in [5, 5.41) is 0. The molecule has 0 aliphatic carbocycles. The minimum Gasteiger partial charge on any atom is -0.448 e. The van der Waals surface area contributed by atoms with E-state index >= 15 is 0 Å². The lowest BCUT2D eigenvalue weighted by Gasteiger charge is -2.25. The molecular formula is C18H22N2O2. The van der Waals surface area contributed by atoms with Crippen molar-refractivity contribution in [2.75, 3.05) is 13.1 Å². The van der Waals surface area contributed by atoms with E-state index in [1.54, 1.807) is 0 Å². The topological polar surface area (TPSA) is 46.3 Å². The number of amides is 1. The van der Waals surface area contributed by atoms with Crippen molar-refractivity contribution in [3.8, 4) is 0 Å². The summed E-state index contributed by atoms with van der Waals surface area (Å²) >= 11 is 0. The molecule has 3 rings (SSSR count). The van der Waals surface area contributed by atoms with E-state index < -0.39 is 0 Å². The molecule has 1 amide bonds. The second-order valence-corrected chi connectivity index (χ2v) is 6.62. The molecule has 0 unspecified atom stereocenters. The summed E-state index contributed by atoms with van der Waals surface area (Å²) in [5.41, 5.74) is 1.80. The van der Waals surface area contributed by atoms with Gasteiger partial charge in [0, 0.05) is 25.4 Å². The zero-order valence-electron chi connectivity index (χ0n) is 13.4. The molecule has 0 bridgehead atoms. The fraction of sp³-hybridized carbons (Fsp3) is 0.444. The predicted octanol–water partition coefficient (Wildman–Crippen LogP) is 3.50. The van der Waals surface area contributed by atoms with Crippen molar-refractivity contribution < 1.29 is 9.21 Å². The van der Waals surface area contributed by atoms with E-state index in [1.165, 1.54) is 12.0 Å². The summed E-state index contributed by atoms with van der Waals surface area (Å²) in [4.78, 5) is 18.8. The number of aryl methyl sites for hydroxylation is 1. The van der Waals surface area contributed by atoms with Crippen LogP contribution in [0.15, 0.2) is 41.1 Å². The van der Waals surface area contributed by atoms with Crippen molar-refractivity contribution in [2.45, 2.75) is 33.1 Å². The minimum atomic E-state index is -0.0166. The van der Waals surface area contributed by atoms with Crippen LogP contribution < -0.4 is 0 Å². The predicted molar refractivity (Wildman–Crippen MR) is 84.7 cm³/mol. The van der Waals surface area contributed by atoms with E-state index in [4.69, 9.17) is 4.42 Å². The molecule has 1 aromatic heterocycles. The molecule has 22 heavy (non-hydrogen) atoms. The standard InChI is InChI=1S/C18H22N2O2/c1-4-15-16(19-12-22-15)17(21)20-10-14(18(2,3)11-20)13-8-6-5-7-9-13/h5-9,12,14H,4,10-11H2,1-3H3/t14-/m1/s1. The van der Waals surface area contributed by atoms with Crippen LogP contribution in [0.1, 0.15) is 48.5 Å². The lowest BCUT2D eigenvalue weighted by Crippen LogP contribution is -2.31. The Balaban J connectivity index is 1.85. The Morgan fingerprint density at radius 2 is 2.09 bits per heavy atom. The largest absolute Gasteiger partial charge is 0.448 e. The highest BCUT2D eigenvalue weighted by Gasteiger charge is 2.42. The zero-order valence-corrected chi connectivity index (χ0v) is 13.4. The SMILES string of the molecule is CCc1ocnc1C(=O)N1C[C@H](c2ccccc2)C(C)(C)C1. The van der Waals surface area contributed by atoms with Gasteiger partial charge in [-0.2, -0.15) is 0 Å². The maximum absolute atomic E-state index is 12.8. The van der Waals surface area contributed by atoms with Crippen molar-refractivity contribution in [2.24, 2.45) is 5.41 Å². The quantitative estimate of drug-likeness (QED) is 0.871. The van der Waals surface area contributed by atoms with Gasteiger partial charge in [0.1, 0.15) is 5.76 Å². The number of benzene rings is 1. The summed E-state index contributed by atoms with van der Waals surface area (Å²) in [6, 6.07) is 10.4. The molecule has 1 aliphatic heterocycles. The molecule has 1 saturated heterocycles. The third kappa shape index (κ3) is 2.54. The maximum Gasteiger partial charge on any atom is 0.276 e. The van der Waals surface area contributed by atoms with Gasteiger partial charge in [0.05, 0.1) is 0 Å². The number of likely N-dealkylation sites (tertiary alicyclic amines) is 1. The van der Waals surface area contributed by atoms with Gasteiger partial charge in [-0.3, -0.25) is 4.79 Å². The summed E-state index contributed by atoms with van der Waals surface area (Å²) in [6.07, 6.45) is 2.04. The van der Waals surface area contributed by atoms with Crippen molar-refractivity contribution in [1.29, 1.82) is 0 Å². The molecule has 4 nitrogen and oxygen atoms in total. The number of nitrogens with zero attached hydrogens (tertiary/aromatic N) is 2. The molecule has 4 heteroatoms. The molecule has 1 aromatic carbocycles. The molecule has 0 spiro atoms. The van der Waals surface area contributed by atoms with E-state index in [1.807, 2.05) is 17.9 Å². The Bertz CT molecular complexity index is 661. The third-order valence-electron chi connectivity index (χ3n) is 4.60. The van der Waals surface area contributed by atoms with E-state index in [2.05, 4.69) is 43.1 Å². The number of carbonyl (C=O) groups is 1. The Kier molecular flexibility index (Phi) is 3.77. The van der Waals surface area contributed by atoms with Gasteiger partial charge < -0.3 is 9.32 Å². The fourth-order valence-electron chi connectivity index (χ4n) is 3.38. The molecule has 2 aromatic rings. The smallest absolute Gasteiger partial charge is 0.276 e. The number of hydrogen-bond acceptors (Lipinski definition) is 3. The van der Waals surface area contributed by atoms with Crippen LogP contribution in [0.2, 0.25) is 0 Å². The van der Waals surface area contributed by atoms with Gasteiger partial charge in [0.2, 0.25) is 0 Å². The van der Waals surface area contributed by atoms with Crippen molar-refractivity contribution in [1.82, 2.24) is 9.88 Å². The van der Waals surface area contributed by atoms with Gasteiger partial charge >= 0.3 is 0 Å². The molecule has 1 atom stereocenters. The first-order valence-electron chi connectivity index (χ1n) is 7.79. The Morgan fingerprint density at radius 1 is 1.36 bits per heavy atom. The monoisotopic (exact) mass is 298 g/mol. The average molecular weight is 298 g/mol. The lowest BCUT2D eigenvalue weighted by atomic mass is 9.78. The molecule has 2 heterocycles. The van der Waals surface area contributed by atoms with Gasteiger partial charge in [0.15, 0.2) is 12.1 Å². The van der Waals surface area contributed by atoms with Crippen LogP contribution in [-0.4, -0.2) is 28.9 Å². The van der Waals surface area contributed by atoms with Crippen molar-refractivity contribution in [3.63, 3.8) is 0 Å². The van der Waals surface area contributed by atoms with Gasteiger partial charge in [0.25, 0.3) is 5.91 Å². The summed E-state index contributed by atoms with van der Waals surface area (Å²) in [5.74, 6) is 0.998. The molecule has 0 saturated carbocycles. The Hall–Kier alpha value is -2.10. The molecule has 0 N–H and O–H groups in total. The van der Waals surface area contributed by atoms with Crippen molar-refractivity contribution >= 4 is 5.91 Å². The average Bonchev–Trinajstić information content (AvgIpc) is 3.11. The number of carbonyl (C=O) groups excluding carboxylic acids is 1. The molecule has 0 radical (unpaired) electrons.